The van der Waals surface area contributed by atoms with Gasteiger partial charge in [0.25, 0.3) is 0 Å². The van der Waals surface area contributed by atoms with Crippen LogP contribution in [0.3, 0.4) is 0 Å². The van der Waals surface area contributed by atoms with E-state index in [-0.39, 0.29) is 17.5 Å². The Morgan fingerprint density at radius 1 is 1.06 bits per heavy atom. The molecule has 2 aromatic carbocycles. The first-order valence-corrected chi connectivity index (χ1v) is 5.53. The average Bonchev–Trinajstić information content (AvgIpc) is 2.60. The van der Waals surface area contributed by atoms with Gasteiger partial charge in [0.15, 0.2) is 0 Å². The highest BCUT2D eigenvalue weighted by Crippen LogP contribution is 2.45. The Bertz CT molecular complexity index is 543. The normalized spacial score (nSPS) is 16.7. The van der Waals surface area contributed by atoms with Crippen molar-refractivity contribution in [3.8, 4) is 16.9 Å². The fraction of sp³-hybridized carbons (Fsp3) is 0.143. The second-order valence-electron chi connectivity index (χ2n) is 4.29. The van der Waals surface area contributed by atoms with E-state index in [2.05, 4.69) is 0 Å². The van der Waals surface area contributed by atoms with Gasteiger partial charge in [0.1, 0.15) is 11.6 Å². The molecule has 3 rings (SSSR count). The molecule has 17 heavy (non-hydrogen) atoms. The Morgan fingerprint density at radius 2 is 1.71 bits per heavy atom. The third-order valence-corrected chi connectivity index (χ3v) is 3.33. The first kappa shape index (κ1) is 10.3. The van der Waals surface area contributed by atoms with E-state index in [1.807, 2.05) is 6.07 Å². The van der Waals surface area contributed by atoms with Gasteiger partial charge in [0.05, 0.1) is 0 Å². The fourth-order valence-electron chi connectivity index (χ4n) is 2.57. The van der Waals surface area contributed by atoms with Gasteiger partial charge in [-0.3, -0.25) is 0 Å². The van der Waals surface area contributed by atoms with Crippen LogP contribution in [0.4, 0.5) is 4.39 Å². The summed E-state index contributed by atoms with van der Waals surface area (Å²) in [5.41, 5.74) is 9.70. The molecule has 3 heteroatoms. The minimum Gasteiger partial charge on any atom is -0.508 e. The molecular weight excluding hydrogens is 217 g/mol. The van der Waals surface area contributed by atoms with Gasteiger partial charge in [-0.05, 0) is 46.5 Å². The molecule has 1 aliphatic carbocycles. The maximum absolute atomic E-state index is 13.3. The van der Waals surface area contributed by atoms with E-state index in [1.54, 1.807) is 18.2 Å². The van der Waals surface area contributed by atoms with Crippen LogP contribution < -0.4 is 5.73 Å². The molecular formula is C14H12FNO. The van der Waals surface area contributed by atoms with Crippen LogP contribution in [0.25, 0.3) is 11.1 Å². The van der Waals surface area contributed by atoms with Gasteiger partial charge < -0.3 is 10.8 Å². The van der Waals surface area contributed by atoms with E-state index in [4.69, 9.17) is 5.73 Å². The summed E-state index contributed by atoms with van der Waals surface area (Å²) in [6.45, 7) is 0.410. The van der Waals surface area contributed by atoms with E-state index < -0.39 is 0 Å². The van der Waals surface area contributed by atoms with E-state index in [0.29, 0.717) is 6.54 Å². The number of fused-ring (bicyclic) bond motifs is 3. The van der Waals surface area contributed by atoms with E-state index in [9.17, 15) is 9.50 Å². The number of aromatic hydroxyl groups is 1. The second-order valence-corrected chi connectivity index (χ2v) is 4.29. The Kier molecular flexibility index (Phi) is 2.16. The number of phenolic OH excluding ortho intramolecular Hbond substituents is 1. The third kappa shape index (κ3) is 1.43. The lowest BCUT2D eigenvalue weighted by atomic mass is 9.97. The van der Waals surface area contributed by atoms with Gasteiger partial charge >= 0.3 is 0 Å². The molecule has 1 aliphatic rings. The summed E-state index contributed by atoms with van der Waals surface area (Å²) in [6, 6.07) is 9.97. The van der Waals surface area contributed by atoms with Gasteiger partial charge in [-0.25, -0.2) is 4.39 Å². The van der Waals surface area contributed by atoms with Crippen molar-refractivity contribution in [2.24, 2.45) is 5.73 Å². The molecule has 0 spiro atoms. The van der Waals surface area contributed by atoms with Crippen LogP contribution in [0, 0.1) is 5.82 Å². The Balaban J connectivity index is 2.28. The quantitative estimate of drug-likeness (QED) is 0.789. The van der Waals surface area contributed by atoms with Crippen LogP contribution in [0.1, 0.15) is 17.0 Å². The molecule has 0 heterocycles. The lowest BCUT2D eigenvalue weighted by Crippen LogP contribution is -2.11. The molecule has 3 N–H and O–H groups in total. The molecule has 2 aromatic rings. The van der Waals surface area contributed by atoms with Crippen molar-refractivity contribution in [2.45, 2.75) is 5.92 Å². The topological polar surface area (TPSA) is 46.2 Å². The van der Waals surface area contributed by atoms with Crippen LogP contribution in [0.5, 0.6) is 5.75 Å². The smallest absolute Gasteiger partial charge is 0.123 e. The van der Waals surface area contributed by atoms with Gasteiger partial charge in [0, 0.05) is 12.5 Å². The molecule has 0 amide bonds. The van der Waals surface area contributed by atoms with Crippen molar-refractivity contribution in [3.05, 3.63) is 53.3 Å². The highest BCUT2D eigenvalue weighted by atomic mass is 19.1. The summed E-state index contributed by atoms with van der Waals surface area (Å²) in [6.07, 6.45) is 0. The van der Waals surface area contributed by atoms with E-state index in [0.717, 1.165) is 22.3 Å². The standard InChI is InChI=1S/C14H12FNO/c15-8-1-3-10-11-4-2-9(17)6-13(11)14(7-16)12(10)5-8/h1-6,14,17H,7,16H2. The van der Waals surface area contributed by atoms with Crippen LogP contribution >= 0.6 is 0 Å². The molecule has 86 valence electrons. The van der Waals surface area contributed by atoms with Crippen molar-refractivity contribution in [1.29, 1.82) is 0 Å². The molecule has 0 saturated carbocycles. The number of rotatable bonds is 1. The van der Waals surface area contributed by atoms with Gasteiger partial charge in [-0.1, -0.05) is 12.1 Å². The van der Waals surface area contributed by atoms with Crippen molar-refractivity contribution in [3.63, 3.8) is 0 Å². The largest absolute Gasteiger partial charge is 0.508 e. The molecule has 0 bridgehead atoms. The lowest BCUT2D eigenvalue weighted by molar-refractivity contribution is 0.474. The van der Waals surface area contributed by atoms with E-state index in [1.165, 1.54) is 12.1 Å². The Morgan fingerprint density at radius 3 is 2.41 bits per heavy atom. The molecule has 0 radical (unpaired) electrons. The zero-order chi connectivity index (χ0) is 12.0. The number of nitrogens with two attached hydrogens (primary N) is 1. The van der Waals surface area contributed by atoms with Gasteiger partial charge in [0.2, 0.25) is 0 Å². The number of hydrogen-bond donors (Lipinski definition) is 2. The second kappa shape index (κ2) is 3.57. The van der Waals surface area contributed by atoms with E-state index >= 15 is 0 Å². The predicted molar refractivity (Wildman–Crippen MR) is 64.4 cm³/mol. The molecule has 1 unspecified atom stereocenters. The lowest BCUT2D eigenvalue weighted by Gasteiger charge is -2.10. The van der Waals surface area contributed by atoms with Crippen molar-refractivity contribution < 1.29 is 9.50 Å². The summed E-state index contributed by atoms with van der Waals surface area (Å²) in [5.74, 6) is -0.0579. The monoisotopic (exact) mass is 229 g/mol. The molecule has 0 saturated heterocycles. The minimum atomic E-state index is -0.251. The Hall–Kier alpha value is -1.87. The summed E-state index contributed by atoms with van der Waals surface area (Å²) >= 11 is 0. The van der Waals surface area contributed by atoms with Crippen molar-refractivity contribution in [2.75, 3.05) is 6.54 Å². The van der Waals surface area contributed by atoms with Gasteiger partial charge in [-0.2, -0.15) is 0 Å². The first-order chi connectivity index (χ1) is 8.20. The number of benzene rings is 2. The van der Waals surface area contributed by atoms with Crippen molar-refractivity contribution in [1.82, 2.24) is 0 Å². The summed E-state index contributed by atoms with van der Waals surface area (Å²) < 4.78 is 13.3. The molecule has 0 aliphatic heterocycles. The highest BCUT2D eigenvalue weighted by molar-refractivity contribution is 5.79. The summed E-state index contributed by atoms with van der Waals surface area (Å²) in [7, 11) is 0. The third-order valence-electron chi connectivity index (χ3n) is 3.33. The molecule has 1 atom stereocenters. The maximum atomic E-state index is 13.3. The van der Waals surface area contributed by atoms with Crippen LogP contribution in [0.2, 0.25) is 0 Å². The number of phenols is 1. The predicted octanol–water partition coefficient (Wildman–Crippen LogP) is 2.60. The summed E-state index contributed by atoms with van der Waals surface area (Å²) in [5, 5.41) is 9.53. The van der Waals surface area contributed by atoms with Crippen LogP contribution in [-0.4, -0.2) is 11.7 Å². The zero-order valence-electron chi connectivity index (χ0n) is 9.15. The number of halogens is 1. The number of hydrogen-bond acceptors (Lipinski definition) is 2. The molecule has 0 aromatic heterocycles. The maximum Gasteiger partial charge on any atom is 0.123 e. The van der Waals surface area contributed by atoms with Crippen LogP contribution in [-0.2, 0) is 0 Å². The molecule has 0 fully saturated rings. The average molecular weight is 229 g/mol. The highest BCUT2D eigenvalue weighted by Gasteiger charge is 2.28. The minimum absolute atomic E-state index is 0.0252. The zero-order valence-corrected chi connectivity index (χ0v) is 9.15. The first-order valence-electron chi connectivity index (χ1n) is 5.53. The fourth-order valence-corrected chi connectivity index (χ4v) is 2.57. The van der Waals surface area contributed by atoms with Crippen LogP contribution in [0.15, 0.2) is 36.4 Å². The van der Waals surface area contributed by atoms with Gasteiger partial charge in [-0.15, -0.1) is 0 Å². The summed E-state index contributed by atoms with van der Waals surface area (Å²) in [4.78, 5) is 0. The van der Waals surface area contributed by atoms with Crippen molar-refractivity contribution >= 4 is 0 Å². The Labute approximate surface area is 98.5 Å². The molecule has 2 nitrogen and oxygen atoms in total. The SMILES string of the molecule is NCC1c2cc(O)ccc2-c2ccc(F)cc21.